The van der Waals surface area contributed by atoms with Crippen molar-refractivity contribution in [3.8, 4) is 5.75 Å². The van der Waals surface area contributed by atoms with Crippen LogP contribution in [0.4, 0.5) is 0 Å². The zero-order chi connectivity index (χ0) is 20.7. The summed E-state index contributed by atoms with van der Waals surface area (Å²) in [6.45, 7) is 2.67. The molecule has 0 saturated carbocycles. The van der Waals surface area contributed by atoms with Gasteiger partial charge in [-0.3, -0.25) is 9.69 Å². The van der Waals surface area contributed by atoms with Crippen molar-refractivity contribution in [1.29, 1.82) is 0 Å². The van der Waals surface area contributed by atoms with Crippen LogP contribution in [0.3, 0.4) is 0 Å². The summed E-state index contributed by atoms with van der Waals surface area (Å²) in [6.07, 6.45) is 1.01. The van der Waals surface area contributed by atoms with Crippen LogP contribution in [0.1, 0.15) is 18.4 Å². The van der Waals surface area contributed by atoms with Crippen LogP contribution in [0.25, 0.3) is 0 Å². The number of rotatable bonds is 5. The van der Waals surface area contributed by atoms with Gasteiger partial charge in [-0.25, -0.2) is 16.8 Å². The highest BCUT2D eigenvalue weighted by molar-refractivity contribution is 7.96. The van der Waals surface area contributed by atoms with Crippen molar-refractivity contribution in [1.82, 2.24) is 4.90 Å². The van der Waals surface area contributed by atoms with Gasteiger partial charge in [-0.2, -0.15) is 0 Å². The predicted molar refractivity (Wildman–Crippen MR) is 105 cm³/mol. The summed E-state index contributed by atoms with van der Waals surface area (Å²) in [7, 11) is -6.05. The number of hydrogen-bond donors (Lipinski definition) is 1. The molecule has 2 fully saturated rings. The van der Waals surface area contributed by atoms with Gasteiger partial charge < -0.3 is 10.5 Å². The van der Waals surface area contributed by atoms with Crippen molar-refractivity contribution in [3.63, 3.8) is 0 Å². The number of methoxy groups -OCH3 is 1. The van der Waals surface area contributed by atoms with Gasteiger partial charge in [-0.15, -0.1) is 0 Å². The Kier molecular flexibility index (Phi) is 5.75. The molecule has 2 aliphatic rings. The van der Waals surface area contributed by atoms with E-state index in [1.807, 2.05) is 4.90 Å². The van der Waals surface area contributed by atoms with E-state index in [9.17, 15) is 21.6 Å². The summed E-state index contributed by atoms with van der Waals surface area (Å²) in [5, 5.41) is -1.07. The number of piperidine rings is 1. The molecule has 10 heteroatoms. The Morgan fingerprint density at radius 3 is 2.43 bits per heavy atom. The van der Waals surface area contributed by atoms with Crippen LogP contribution in [-0.2, 0) is 24.5 Å². The summed E-state index contributed by atoms with van der Waals surface area (Å²) in [5.41, 5.74) is 6.11. The first-order valence-corrected chi connectivity index (χ1v) is 12.5. The number of benzene rings is 1. The van der Waals surface area contributed by atoms with Crippen LogP contribution < -0.4 is 10.5 Å². The number of aryl methyl sites for hydroxylation is 1. The molecule has 2 heterocycles. The van der Waals surface area contributed by atoms with Crippen molar-refractivity contribution >= 4 is 25.6 Å². The van der Waals surface area contributed by atoms with E-state index in [1.165, 1.54) is 13.2 Å². The van der Waals surface area contributed by atoms with E-state index >= 15 is 0 Å². The van der Waals surface area contributed by atoms with Crippen molar-refractivity contribution in [2.24, 2.45) is 11.7 Å². The number of carbonyl (C=O) groups excluding carboxylic acids is 1. The smallest absolute Gasteiger partial charge is 0.220 e. The molecule has 8 nitrogen and oxygen atoms in total. The number of likely N-dealkylation sites (tertiary alicyclic amines) is 1. The van der Waals surface area contributed by atoms with Crippen LogP contribution in [0.5, 0.6) is 5.75 Å². The topological polar surface area (TPSA) is 124 Å². The Bertz CT molecular complexity index is 966. The van der Waals surface area contributed by atoms with Gasteiger partial charge in [0.05, 0.1) is 23.9 Å². The highest BCUT2D eigenvalue weighted by Gasteiger charge is 2.49. The lowest BCUT2D eigenvalue weighted by Gasteiger charge is -2.36. The van der Waals surface area contributed by atoms with Crippen LogP contribution in [-0.4, -0.2) is 70.6 Å². The van der Waals surface area contributed by atoms with Crippen molar-refractivity contribution < 1.29 is 26.4 Å². The molecule has 2 aliphatic heterocycles. The third-order valence-electron chi connectivity index (χ3n) is 5.70. The minimum Gasteiger partial charge on any atom is -0.495 e. The molecule has 0 radical (unpaired) electrons. The summed E-state index contributed by atoms with van der Waals surface area (Å²) in [5.74, 6) is -1.02. The molecule has 28 heavy (non-hydrogen) atoms. The molecule has 0 unspecified atom stereocenters. The number of carbonyl (C=O) groups is 1. The number of sulfone groups is 2. The van der Waals surface area contributed by atoms with Crippen LogP contribution >= 0.6 is 0 Å². The van der Waals surface area contributed by atoms with Gasteiger partial charge in [0.1, 0.15) is 10.6 Å². The Morgan fingerprint density at radius 2 is 1.86 bits per heavy atom. The minimum absolute atomic E-state index is 0.0223. The third kappa shape index (κ3) is 4.04. The summed E-state index contributed by atoms with van der Waals surface area (Å²) < 4.78 is 56.8. The highest BCUT2D eigenvalue weighted by atomic mass is 32.2. The molecule has 1 aromatic rings. The van der Waals surface area contributed by atoms with Crippen LogP contribution in [0.15, 0.2) is 23.1 Å². The summed E-state index contributed by atoms with van der Waals surface area (Å²) >= 11 is 0. The monoisotopic (exact) mass is 430 g/mol. The van der Waals surface area contributed by atoms with Gasteiger partial charge in [0.15, 0.2) is 19.7 Å². The number of primary amides is 1. The maximum Gasteiger partial charge on any atom is 0.220 e. The molecule has 0 spiro atoms. The number of nitrogens with zero attached hydrogens (tertiary/aromatic N) is 1. The SMILES string of the molecule is COc1ccc(C)cc1S(=O)(=O)[C@@H]1CS(=O)(=O)C[C@@H]1N1CCC(C(N)=O)CC1. The normalized spacial score (nSPS) is 26.2. The van der Waals surface area contributed by atoms with Gasteiger partial charge in [0, 0.05) is 12.0 Å². The van der Waals surface area contributed by atoms with Crippen LogP contribution in [0.2, 0.25) is 0 Å². The van der Waals surface area contributed by atoms with E-state index in [2.05, 4.69) is 0 Å². The maximum atomic E-state index is 13.4. The average molecular weight is 431 g/mol. The Hall–Kier alpha value is -1.65. The standard InChI is InChI=1S/C18H26N2O6S2/c1-12-3-4-15(26-2)16(9-12)28(24,25)17-11-27(22,23)10-14(17)20-7-5-13(6-8-20)18(19)21/h3-4,9,13-14,17H,5-8,10-11H2,1-2H3,(H2,19,21)/t14-,17+/m0/s1. The zero-order valence-electron chi connectivity index (χ0n) is 16.0. The number of ether oxygens (including phenoxy) is 1. The largest absolute Gasteiger partial charge is 0.495 e. The lowest BCUT2D eigenvalue weighted by Crippen LogP contribution is -2.50. The molecule has 156 valence electrons. The highest BCUT2D eigenvalue weighted by Crippen LogP contribution is 2.35. The number of hydrogen-bond acceptors (Lipinski definition) is 7. The fourth-order valence-corrected chi connectivity index (χ4v) is 9.19. The molecule has 1 aromatic carbocycles. The van der Waals surface area contributed by atoms with Gasteiger partial charge >= 0.3 is 0 Å². The van der Waals surface area contributed by atoms with Crippen LogP contribution in [0, 0.1) is 12.8 Å². The van der Waals surface area contributed by atoms with E-state index in [0.29, 0.717) is 25.9 Å². The van der Waals surface area contributed by atoms with Crippen molar-refractivity contribution in [2.45, 2.75) is 36.0 Å². The summed E-state index contributed by atoms with van der Waals surface area (Å²) in [4.78, 5) is 13.3. The van der Waals surface area contributed by atoms with Gasteiger partial charge in [0.2, 0.25) is 5.91 Å². The van der Waals surface area contributed by atoms with E-state index in [-0.39, 0.29) is 28.2 Å². The first-order chi connectivity index (χ1) is 13.0. The van der Waals surface area contributed by atoms with Gasteiger partial charge in [-0.05, 0) is 50.6 Å². The molecule has 3 rings (SSSR count). The molecule has 1 amide bonds. The minimum atomic E-state index is -3.94. The van der Waals surface area contributed by atoms with Gasteiger partial charge in [-0.1, -0.05) is 6.07 Å². The molecule has 2 saturated heterocycles. The molecule has 0 aliphatic carbocycles. The molecular formula is C18H26N2O6S2. The number of amides is 1. The lowest BCUT2D eigenvalue weighted by atomic mass is 9.95. The first kappa shape index (κ1) is 21.1. The van der Waals surface area contributed by atoms with Crippen molar-refractivity contribution in [2.75, 3.05) is 31.7 Å². The fourth-order valence-electron chi connectivity index (χ4n) is 4.12. The average Bonchev–Trinajstić information content (AvgIpc) is 2.98. The third-order valence-corrected chi connectivity index (χ3v) is 9.83. The second kappa shape index (κ2) is 7.64. The Balaban J connectivity index is 1.95. The second-order valence-corrected chi connectivity index (χ2v) is 11.9. The van der Waals surface area contributed by atoms with Crippen molar-refractivity contribution in [3.05, 3.63) is 23.8 Å². The van der Waals surface area contributed by atoms with E-state index in [0.717, 1.165) is 5.56 Å². The molecule has 0 bridgehead atoms. The Morgan fingerprint density at radius 1 is 1.21 bits per heavy atom. The molecule has 2 N–H and O–H groups in total. The first-order valence-electron chi connectivity index (χ1n) is 9.17. The van der Waals surface area contributed by atoms with E-state index in [4.69, 9.17) is 10.5 Å². The molecule has 0 aromatic heterocycles. The maximum absolute atomic E-state index is 13.4. The lowest BCUT2D eigenvalue weighted by molar-refractivity contribution is -0.123. The second-order valence-electron chi connectivity index (χ2n) is 7.59. The quantitative estimate of drug-likeness (QED) is 0.705. The van der Waals surface area contributed by atoms with E-state index in [1.54, 1.807) is 19.1 Å². The molecular weight excluding hydrogens is 404 g/mol. The zero-order valence-corrected chi connectivity index (χ0v) is 17.6. The number of nitrogens with two attached hydrogens (primary N) is 1. The van der Waals surface area contributed by atoms with Gasteiger partial charge in [0.25, 0.3) is 0 Å². The molecule has 2 atom stereocenters. The predicted octanol–water partition coefficient (Wildman–Crippen LogP) is 0.140. The summed E-state index contributed by atoms with van der Waals surface area (Å²) in [6, 6.07) is 4.21. The van der Waals surface area contributed by atoms with E-state index < -0.39 is 36.7 Å². The Labute approximate surface area is 165 Å². The fraction of sp³-hybridized carbons (Fsp3) is 0.611.